The Morgan fingerprint density at radius 3 is 2.54 bits per heavy atom. The van der Waals surface area contributed by atoms with Gasteiger partial charge in [-0.25, -0.2) is 0 Å². The zero-order valence-corrected chi connectivity index (χ0v) is 18.3. The maximum atomic E-state index is 12.1. The van der Waals surface area contributed by atoms with E-state index in [0.717, 1.165) is 11.9 Å². The van der Waals surface area contributed by atoms with Crippen LogP contribution in [0.15, 0.2) is 24.3 Å². The van der Waals surface area contributed by atoms with Crippen molar-refractivity contribution < 1.29 is 19.1 Å². The number of carbonyl (C=O) groups is 2. The van der Waals surface area contributed by atoms with Gasteiger partial charge in [0.05, 0.1) is 12.6 Å². The third-order valence-corrected chi connectivity index (χ3v) is 4.00. The molecule has 0 unspecified atom stereocenters. The van der Waals surface area contributed by atoms with Gasteiger partial charge in [-0.3, -0.25) is 4.79 Å². The van der Waals surface area contributed by atoms with Crippen LogP contribution in [0.5, 0.6) is 5.75 Å². The molecule has 1 aromatic carbocycles. The summed E-state index contributed by atoms with van der Waals surface area (Å²) in [5, 5.41) is 3.00. The second-order valence-corrected chi connectivity index (χ2v) is 7.99. The lowest BCUT2D eigenvalue weighted by Gasteiger charge is -2.24. The molecule has 0 bridgehead atoms. The highest BCUT2D eigenvalue weighted by Gasteiger charge is 2.21. The zero-order chi connectivity index (χ0) is 21.0. The third-order valence-electron chi connectivity index (χ3n) is 3.67. The molecule has 0 aliphatic carbocycles. The Labute approximate surface area is 178 Å². The fraction of sp³-hybridized carbons (Fsp3) is 0.579. The molecule has 156 valence electrons. The topological polar surface area (TPSA) is 67.9 Å². The lowest BCUT2D eigenvalue weighted by Crippen LogP contribution is -2.40. The van der Waals surface area contributed by atoms with Gasteiger partial charge in [0.15, 0.2) is 0 Å². The molecule has 0 heterocycles. The van der Waals surface area contributed by atoms with E-state index in [1.807, 2.05) is 45.0 Å². The fourth-order valence-corrected chi connectivity index (χ4v) is 2.94. The zero-order valence-electron chi connectivity index (χ0n) is 16.7. The maximum absolute atomic E-state index is 12.1. The number of nitrogens with zero attached hydrogens (tertiary/aromatic N) is 1. The van der Waals surface area contributed by atoms with Gasteiger partial charge in [0, 0.05) is 42.6 Å². The predicted octanol–water partition coefficient (Wildman–Crippen LogP) is 2.58. The van der Waals surface area contributed by atoms with Crippen LogP contribution < -0.4 is 14.9 Å². The number of anilines is 1. The summed E-state index contributed by atoms with van der Waals surface area (Å²) in [7, 11) is 0.135. The largest absolute Gasteiger partial charge is 0.492 e. The number of esters is 1. The molecule has 1 aromatic rings. The SMILES string of the molecule is CC(C)(C)OC(=O)C[C@H](COc1cccc(N(CCCl)CCCl)c1)NBC=O. The Kier molecular flexibility index (Phi) is 11.3. The van der Waals surface area contributed by atoms with Crippen LogP contribution in [0.1, 0.15) is 27.2 Å². The van der Waals surface area contributed by atoms with E-state index in [0.29, 0.717) is 30.6 Å². The molecule has 28 heavy (non-hydrogen) atoms. The van der Waals surface area contributed by atoms with E-state index in [1.165, 1.54) is 0 Å². The number of nitrogens with one attached hydrogen (secondary N) is 1. The van der Waals surface area contributed by atoms with Crippen LogP contribution >= 0.6 is 23.2 Å². The quantitative estimate of drug-likeness (QED) is 0.224. The van der Waals surface area contributed by atoms with E-state index in [1.54, 1.807) is 0 Å². The van der Waals surface area contributed by atoms with Crippen molar-refractivity contribution in [2.45, 2.75) is 38.8 Å². The van der Waals surface area contributed by atoms with Crippen LogP contribution in [-0.2, 0) is 14.3 Å². The van der Waals surface area contributed by atoms with Crippen LogP contribution in [0.25, 0.3) is 0 Å². The average Bonchev–Trinajstić information content (AvgIpc) is 2.62. The Morgan fingerprint density at radius 2 is 1.96 bits per heavy atom. The van der Waals surface area contributed by atoms with Crippen molar-refractivity contribution in [2.24, 2.45) is 0 Å². The first-order valence-electron chi connectivity index (χ1n) is 9.27. The van der Waals surface area contributed by atoms with Gasteiger partial charge in [0.2, 0.25) is 0 Å². The standard InChI is InChI=1S/C19H29BCl2N2O4/c1-19(2,3)28-18(26)11-15(23-20-14-25)13-27-17-6-4-5-16(12-17)24(9-7-21)10-8-22/h4-6,12,14-15,20,23H,7-11,13H2,1-3H3/t15-/m1/s1. The number of halogens is 2. The van der Waals surface area contributed by atoms with Gasteiger partial charge in [-0.2, -0.15) is 0 Å². The van der Waals surface area contributed by atoms with E-state index < -0.39 is 5.60 Å². The molecule has 9 heteroatoms. The normalized spacial score (nSPS) is 12.2. The number of alkyl halides is 2. The van der Waals surface area contributed by atoms with Crippen LogP contribution in [-0.4, -0.2) is 62.7 Å². The first-order valence-corrected chi connectivity index (χ1v) is 10.3. The van der Waals surface area contributed by atoms with Gasteiger partial charge >= 0.3 is 5.97 Å². The number of carbonyl (C=O) groups excluding carboxylic acids is 2. The van der Waals surface area contributed by atoms with E-state index in [2.05, 4.69) is 10.1 Å². The molecule has 0 aromatic heterocycles. The maximum Gasteiger partial charge on any atom is 0.307 e. The van der Waals surface area contributed by atoms with Gasteiger partial charge in [-0.1, -0.05) is 6.07 Å². The molecule has 0 fully saturated rings. The summed E-state index contributed by atoms with van der Waals surface area (Å²) in [6.45, 7) is 7.03. The van der Waals surface area contributed by atoms with Crippen LogP contribution in [0.4, 0.5) is 5.69 Å². The summed E-state index contributed by atoms with van der Waals surface area (Å²) in [4.78, 5) is 24.9. The van der Waals surface area contributed by atoms with Crippen molar-refractivity contribution in [1.82, 2.24) is 5.23 Å². The first-order chi connectivity index (χ1) is 13.3. The molecule has 0 saturated carbocycles. The first kappa shape index (κ1) is 24.6. The Balaban J connectivity index is 2.73. The minimum atomic E-state index is -0.560. The molecular formula is C19H29BCl2N2O4. The average molecular weight is 431 g/mol. The number of hydrogen-bond acceptors (Lipinski definition) is 6. The molecule has 6 nitrogen and oxygen atoms in total. The van der Waals surface area contributed by atoms with Gasteiger partial charge in [0.1, 0.15) is 18.0 Å². The second-order valence-electron chi connectivity index (χ2n) is 7.24. The summed E-state index contributed by atoms with van der Waals surface area (Å²) in [6, 6.07) is 7.26. The Morgan fingerprint density at radius 1 is 1.29 bits per heavy atom. The number of ether oxygens (including phenoxy) is 2. The van der Waals surface area contributed by atoms with E-state index in [-0.39, 0.29) is 32.5 Å². The highest BCUT2D eigenvalue weighted by atomic mass is 35.5. The second kappa shape index (κ2) is 12.9. The van der Waals surface area contributed by atoms with Crippen LogP contribution in [0.3, 0.4) is 0 Å². The van der Waals surface area contributed by atoms with Gasteiger partial charge < -0.3 is 24.4 Å². The van der Waals surface area contributed by atoms with E-state index in [4.69, 9.17) is 32.7 Å². The van der Waals surface area contributed by atoms with Crippen molar-refractivity contribution in [3.05, 3.63) is 24.3 Å². The molecule has 1 atom stereocenters. The highest BCUT2D eigenvalue weighted by Crippen LogP contribution is 2.22. The Bertz CT molecular complexity index is 608. The third kappa shape index (κ3) is 10.2. The molecule has 0 aliphatic rings. The molecule has 0 amide bonds. The summed E-state index contributed by atoms with van der Waals surface area (Å²) in [5.74, 6) is 1.31. The van der Waals surface area contributed by atoms with Crippen molar-refractivity contribution in [1.29, 1.82) is 0 Å². The molecule has 0 spiro atoms. The van der Waals surface area contributed by atoms with Crippen molar-refractivity contribution >= 4 is 48.5 Å². The molecule has 1 rings (SSSR count). The summed E-state index contributed by atoms with van der Waals surface area (Å²) < 4.78 is 11.2. The monoisotopic (exact) mass is 430 g/mol. The summed E-state index contributed by atoms with van der Waals surface area (Å²) in [6.07, 6.45) is 0.855. The number of rotatable bonds is 13. The Hall–Kier alpha value is -1.44. The van der Waals surface area contributed by atoms with Gasteiger partial charge in [-0.05, 0) is 32.9 Å². The molecular weight excluding hydrogens is 402 g/mol. The fourth-order valence-electron chi connectivity index (χ4n) is 2.53. The lowest BCUT2D eigenvalue weighted by molar-refractivity contribution is -0.155. The van der Waals surface area contributed by atoms with Crippen molar-refractivity contribution in [3.8, 4) is 5.75 Å². The minimum Gasteiger partial charge on any atom is -0.492 e. The van der Waals surface area contributed by atoms with Gasteiger partial charge in [-0.15, -0.1) is 23.2 Å². The minimum absolute atomic E-state index is 0.107. The summed E-state index contributed by atoms with van der Waals surface area (Å²) in [5.41, 5.74) is 0.402. The number of benzene rings is 1. The van der Waals surface area contributed by atoms with Crippen molar-refractivity contribution in [2.75, 3.05) is 36.4 Å². The van der Waals surface area contributed by atoms with Crippen LogP contribution in [0.2, 0.25) is 0 Å². The highest BCUT2D eigenvalue weighted by molar-refractivity contribution is 6.64. The molecule has 1 N–H and O–H groups in total. The summed E-state index contributed by atoms with van der Waals surface area (Å²) >= 11 is 11.7. The molecule has 0 saturated heterocycles. The smallest absolute Gasteiger partial charge is 0.307 e. The molecule has 0 radical (unpaired) electrons. The predicted molar refractivity (Wildman–Crippen MR) is 117 cm³/mol. The van der Waals surface area contributed by atoms with Crippen molar-refractivity contribution in [3.63, 3.8) is 0 Å². The van der Waals surface area contributed by atoms with E-state index in [9.17, 15) is 9.59 Å². The number of hydrogen-bond donors (Lipinski definition) is 1. The molecule has 0 aliphatic heterocycles. The lowest BCUT2D eigenvalue weighted by atomic mass is 9.96. The van der Waals surface area contributed by atoms with E-state index >= 15 is 0 Å². The van der Waals surface area contributed by atoms with Crippen LogP contribution in [0, 0.1) is 0 Å². The van der Waals surface area contributed by atoms with Gasteiger partial charge in [0.25, 0.3) is 7.41 Å².